The summed E-state index contributed by atoms with van der Waals surface area (Å²) in [7, 11) is 1.67. The Morgan fingerprint density at radius 1 is 1.07 bits per heavy atom. The molecular weight excluding hydrogens is 518 g/mol. The van der Waals surface area contributed by atoms with Crippen molar-refractivity contribution in [2.45, 2.75) is 20.8 Å². The molecule has 2 aromatic heterocycles. The molecule has 4 aromatic rings. The zero-order valence-electron chi connectivity index (χ0n) is 23.5. The van der Waals surface area contributed by atoms with Crippen LogP contribution in [0.25, 0.3) is 27.8 Å². The number of anilines is 1. The van der Waals surface area contributed by atoms with Gasteiger partial charge in [0.15, 0.2) is 11.5 Å². The molecule has 0 unspecified atom stereocenters. The van der Waals surface area contributed by atoms with Crippen LogP contribution >= 0.6 is 0 Å². The number of hydrogen-bond acceptors (Lipinski definition) is 8. The van der Waals surface area contributed by atoms with Crippen LogP contribution in [0.3, 0.4) is 0 Å². The summed E-state index contributed by atoms with van der Waals surface area (Å²) in [5.74, 6) is -0.206. The van der Waals surface area contributed by atoms with Crippen molar-refractivity contribution in [1.82, 2.24) is 20.0 Å². The molecule has 0 atom stereocenters. The number of carbonyl (C=O) groups excluding carboxylic acids is 2. The number of rotatable bonds is 9. The second kappa shape index (κ2) is 14.9. The van der Waals surface area contributed by atoms with Crippen LogP contribution in [0.2, 0.25) is 0 Å². The van der Waals surface area contributed by atoms with E-state index in [-0.39, 0.29) is 12.4 Å². The fraction of sp³-hybridized carbons (Fsp3) is 0.156. The van der Waals surface area contributed by atoms with Crippen molar-refractivity contribution in [2.75, 3.05) is 19.1 Å². The molecule has 2 heterocycles. The molecule has 0 saturated carbocycles. The summed E-state index contributed by atoms with van der Waals surface area (Å²) in [4.78, 5) is 45.1. The molecule has 41 heavy (non-hydrogen) atoms. The van der Waals surface area contributed by atoms with Crippen LogP contribution in [0.5, 0.6) is 0 Å². The predicted molar refractivity (Wildman–Crippen MR) is 163 cm³/mol. The van der Waals surface area contributed by atoms with E-state index in [0.717, 1.165) is 11.8 Å². The van der Waals surface area contributed by atoms with Gasteiger partial charge in [-0.15, -0.1) is 0 Å². The normalized spacial score (nSPS) is 11.1. The van der Waals surface area contributed by atoms with Gasteiger partial charge >= 0.3 is 11.7 Å². The monoisotopic (exact) mass is 551 g/mol. The largest absolute Gasteiger partial charge is 0.462 e. The Hall–Kier alpha value is -5.15. The summed E-state index contributed by atoms with van der Waals surface area (Å²) < 4.78 is 6.80. The number of hydrogen-bond donors (Lipinski definition) is 2. The molecule has 0 amide bonds. The SMILES string of the molecule is C=C/C=C\C(C=O)=C/C.CCOC(=O)c1c(C)nc2c(c(NNC)nc(=O)n2-c2ccccc2)c1-c1ccccc1. The fourth-order valence-electron chi connectivity index (χ4n) is 4.11. The van der Waals surface area contributed by atoms with E-state index in [4.69, 9.17) is 9.72 Å². The highest BCUT2D eigenvalue weighted by Crippen LogP contribution is 2.36. The number of para-hydroxylation sites is 1. The van der Waals surface area contributed by atoms with E-state index < -0.39 is 11.7 Å². The highest BCUT2D eigenvalue weighted by molar-refractivity contribution is 6.10. The molecule has 0 bridgehead atoms. The smallest absolute Gasteiger partial charge is 0.355 e. The van der Waals surface area contributed by atoms with Crippen molar-refractivity contribution in [2.24, 2.45) is 0 Å². The molecule has 0 radical (unpaired) electrons. The van der Waals surface area contributed by atoms with Crippen molar-refractivity contribution >= 4 is 29.1 Å². The van der Waals surface area contributed by atoms with Crippen molar-refractivity contribution < 1.29 is 14.3 Å². The van der Waals surface area contributed by atoms with Crippen LogP contribution in [0.1, 0.15) is 29.9 Å². The molecule has 2 N–H and O–H groups in total. The second-order valence-corrected chi connectivity index (χ2v) is 8.52. The van der Waals surface area contributed by atoms with E-state index in [0.29, 0.717) is 39.1 Å². The number of esters is 1. The first-order valence-electron chi connectivity index (χ1n) is 13.0. The molecule has 0 aliphatic carbocycles. The van der Waals surface area contributed by atoms with Gasteiger partial charge in [0.25, 0.3) is 0 Å². The van der Waals surface area contributed by atoms with E-state index in [1.807, 2.05) is 67.6 Å². The molecule has 4 rings (SSSR count). The average Bonchev–Trinajstić information content (AvgIpc) is 2.98. The Morgan fingerprint density at radius 3 is 2.29 bits per heavy atom. The molecule has 0 aliphatic heterocycles. The van der Waals surface area contributed by atoms with E-state index >= 15 is 0 Å². The standard InChI is InChI=1S/C24H23N5O3.C8H10O/c1-4-32-23(30)18-15(2)26-22-20(19(18)16-11-7-5-8-12-16)21(28-25-3)27-24(31)29(22)17-13-9-6-10-14-17;1-3-5-6-8(4-2)7-9/h5-14,25H,4H2,1-3H3,(H,27,28,31);3-7H,1H2,2H3/b;6-5-,8-4+. The number of hydrazine groups is 1. The lowest BCUT2D eigenvalue weighted by Crippen LogP contribution is -2.27. The first-order valence-corrected chi connectivity index (χ1v) is 13.0. The first kappa shape index (κ1) is 30.4. The van der Waals surface area contributed by atoms with E-state index in [1.165, 1.54) is 4.57 Å². The van der Waals surface area contributed by atoms with Gasteiger partial charge in [0.1, 0.15) is 6.29 Å². The maximum atomic E-state index is 13.1. The highest BCUT2D eigenvalue weighted by Gasteiger charge is 2.26. The van der Waals surface area contributed by atoms with Gasteiger partial charge in [-0.25, -0.2) is 24.6 Å². The van der Waals surface area contributed by atoms with Gasteiger partial charge in [-0.3, -0.25) is 4.79 Å². The number of nitrogens with zero attached hydrogens (tertiary/aromatic N) is 3. The maximum Gasteiger partial charge on any atom is 0.355 e. The molecule has 210 valence electrons. The number of ether oxygens (including phenoxy) is 1. The zero-order valence-corrected chi connectivity index (χ0v) is 23.5. The van der Waals surface area contributed by atoms with Crippen molar-refractivity contribution in [1.29, 1.82) is 0 Å². The number of aldehydes is 1. The van der Waals surface area contributed by atoms with Gasteiger partial charge in [0.2, 0.25) is 0 Å². The van der Waals surface area contributed by atoms with E-state index in [1.54, 1.807) is 45.2 Å². The third-order valence-corrected chi connectivity index (χ3v) is 5.90. The quantitative estimate of drug-likeness (QED) is 0.0940. The lowest BCUT2D eigenvalue weighted by atomic mass is 9.95. The van der Waals surface area contributed by atoms with Crippen LogP contribution in [0.4, 0.5) is 5.82 Å². The summed E-state index contributed by atoms with van der Waals surface area (Å²) in [5.41, 5.74) is 9.13. The van der Waals surface area contributed by atoms with Crippen molar-refractivity contribution in [3.05, 3.63) is 119 Å². The molecule has 0 fully saturated rings. The lowest BCUT2D eigenvalue weighted by Gasteiger charge is -2.19. The number of fused-ring (bicyclic) bond motifs is 1. The van der Waals surface area contributed by atoms with Crippen LogP contribution in [-0.4, -0.2) is 40.4 Å². The van der Waals surface area contributed by atoms with Crippen LogP contribution in [0, 0.1) is 6.92 Å². The number of pyridine rings is 1. The third-order valence-electron chi connectivity index (χ3n) is 5.90. The summed E-state index contributed by atoms with van der Waals surface area (Å²) in [5, 5.41) is 0.530. The Bertz CT molecular complexity index is 1640. The summed E-state index contributed by atoms with van der Waals surface area (Å²) in [6.45, 7) is 9.01. The van der Waals surface area contributed by atoms with Gasteiger partial charge in [0.05, 0.1) is 28.9 Å². The van der Waals surface area contributed by atoms with Crippen LogP contribution in [0.15, 0.2) is 102 Å². The molecular formula is C32H33N5O4. The van der Waals surface area contributed by atoms with Crippen molar-refractivity contribution in [3.8, 4) is 16.8 Å². The Labute approximate surface area is 238 Å². The number of nitrogens with one attached hydrogen (secondary N) is 2. The van der Waals surface area contributed by atoms with Gasteiger partial charge in [-0.1, -0.05) is 79.4 Å². The summed E-state index contributed by atoms with van der Waals surface area (Å²) in [6.07, 6.45) is 7.61. The number of allylic oxidation sites excluding steroid dienone is 5. The first-order chi connectivity index (χ1) is 19.9. The molecule has 9 heteroatoms. The average molecular weight is 552 g/mol. The Morgan fingerprint density at radius 2 is 1.73 bits per heavy atom. The number of carbonyl (C=O) groups is 2. The third kappa shape index (κ3) is 7.09. The Kier molecular flexibility index (Phi) is 11.0. The zero-order chi connectivity index (χ0) is 29.8. The van der Waals surface area contributed by atoms with Gasteiger partial charge in [-0.05, 0) is 38.5 Å². The van der Waals surface area contributed by atoms with Crippen LogP contribution in [-0.2, 0) is 9.53 Å². The molecule has 0 saturated heterocycles. The molecule has 0 spiro atoms. The van der Waals surface area contributed by atoms with Crippen LogP contribution < -0.4 is 16.5 Å². The summed E-state index contributed by atoms with van der Waals surface area (Å²) >= 11 is 0. The van der Waals surface area contributed by atoms with Gasteiger partial charge in [-0.2, -0.15) is 4.98 Å². The van der Waals surface area contributed by atoms with Gasteiger partial charge in [0, 0.05) is 18.2 Å². The van der Waals surface area contributed by atoms with E-state index in [9.17, 15) is 14.4 Å². The maximum absolute atomic E-state index is 13.1. The summed E-state index contributed by atoms with van der Waals surface area (Å²) in [6, 6.07) is 18.6. The minimum absolute atomic E-state index is 0.230. The second-order valence-electron chi connectivity index (χ2n) is 8.52. The van der Waals surface area contributed by atoms with Crippen molar-refractivity contribution in [3.63, 3.8) is 0 Å². The molecule has 2 aromatic carbocycles. The van der Waals surface area contributed by atoms with Gasteiger partial charge < -0.3 is 10.2 Å². The molecule has 9 nitrogen and oxygen atoms in total. The fourth-order valence-corrected chi connectivity index (χ4v) is 4.11. The Balaban J connectivity index is 0.000000445. The number of benzene rings is 2. The molecule has 0 aliphatic rings. The minimum Gasteiger partial charge on any atom is -0.462 e. The topological polar surface area (TPSA) is 115 Å². The number of aromatic nitrogens is 3. The van der Waals surface area contributed by atoms with E-state index in [2.05, 4.69) is 22.4 Å². The minimum atomic E-state index is -0.490. The lowest BCUT2D eigenvalue weighted by molar-refractivity contribution is -0.104. The highest BCUT2D eigenvalue weighted by atomic mass is 16.5. The predicted octanol–water partition coefficient (Wildman–Crippen LogP) is 5.35. The number of aryl methyl sites for hydroxylation is 1.